The average molecular weight is 258 g/mol. The van der Waals surface area contributed by atoms with Gasteiger partial charge in [0, 0.05) is 17.8 Å². The molecule has 0 spiro atoms. The molecule has 0 saturated carbocycles. The Bertz CT molecular complexity index is 383. The molecule has 6 heteroatoms. The van der Waals surface area contributed by atoms with Crippen LogP contribution in [0.4, 0.5) is 11.4 Å². The quantitative estimate of drug-likeness (QED) is 0.466. The number of anilines is 1. The Morgan fingerprint density at radius 3 is 2.59 bits per heavy atom. The van der Waals surface area contributed by atoms with Gasteiger partial charge < -0.3 is 22.6 Å². The van der Waals surface area contributed by atoms with E-state index in [1.165, 1.54) is 0 Å². The van der Waals surface area contributed by atoms with Gasteiger partial charge in [-0.25, -0.2) is 0 Å². The predicted molar refractivity (Wildman–Crippen MR) is 61.6 cm³/mol. The van der Waals surface area contributed by atoms with E-state index in [1.54, 1.807) is 12.1 Å². The minimum Gasteiger partial charge on any atom is -1.00 e. The maximum Gasteiger partial charge on any atom is 0.269 e. The first-order chi connectivity index (χ1) is 7.66. The van der Waals surface area contributed by atoms with Crippen molar-refractivity contribution in [3.8, 4) is 0 Å². The zero-order chi connectivity index (χ0) is 11.5. The SMILES string of the molecule is CC1CN(c2ccc([N+](=O)[O-])cc2)CC[NH2+]1.[Cl-]. The summed E-state index contributed by atoms with van der Waals surface area (Å²) in [6, 6.07) is 7.38. The molecule has 0 bridgehead atoms. The molecule has 1 aromatic carbocycles. The van der Waals surface area contributed by atoms with Crippen molar-refractivity contribution in [3.63, 3.8) is 0 Å². The summed E-state index contributed by atoms with van der Waals surface area (Å²) >= 11 is 0. The number of nitrogens with two attached hydrogens (primary N) is 1. The number of halogens is 1. The van der Waals surface area contributed by atoms with Gasteiger partial charge in [0.1, 0.15) is 6.04 Å². The van der Waals surface area contributed by atoms with Crippen LogP contribution in [0.3, 0.4) is 0 Å². The third-order valence-corrected chi connectivity index (χ3v) is 2.90. The third kappa shape index (κ3) is 3.31. The second-order valence-corrected chi connectivity index (χ2v) is 4.22. The van der Waals surface area contributed by atoms with Crippen molar-refractivity contribution < 1.29 is 22.6 Å². The predicted octanol–water partition coefficient (Wildman–Crippen LogP) is -2.63. The molecule has 1 atom stereocenters. The number of quaternary nitrogens is 1. The molecular formula is C11H16ClN3O2. The Balaban J connectivity index is 0.00000144. The van der Waals surface area contributed by atoms with Crippen molar-refractivity contribution in [1.29, 1.82) is 0 Å². The fourth-order valence-corrected chi connectivity index (χ4v) is 2.05. The largest absolute Gasteiger partial charge is 1.00 e. The summed E-state index contributed by atoms with van der Waals surface area (Å²) in [4.78, 5) is 12.4. The van der Waals surface area contributed by atoms with E-state index >= 15 is 0 Å². The van der Waals surface area contributed by atoms with E-state index in [2.05, 4.69) is 17.1 Å². The molecule has 0 amide bonds. The lowest BCUT2D eigenvalue weighted by atomic mass is 10.2. The van der Waals surface area contributed by atoms with Crippen LogP contribution in [0.1, 0.15) is 6.92 Å². The number of nitro groups is 1. The molecule has 5 nitrogen and oxygen atoms in total. The number of benzene rings is 1. The lowest BCUT2D eigenvalue weighted by Gasteiger charge is -2.31. The summed E-state index contributed by atoms with van der Waals surface area (Å²) in [7, 11) is 0. The Hall–Kier alpha value is -1.33. The summed E-state index contributed by atoms with van der Waals surface area (Å²) < 4.78 is 0. The van der Waals surface area contributed by atoms with E-state index in [0.29, 0.717) is 6.04 Å². The van der Waals surface area contributed by atoms with Gasteiger partial charge in [-0.2, -0.15) is 0 Å². The van der Waals surface area contributed by atoms with E-state index < -0.39 is 0 Å². The van der Waals surface area contributed by atoms with E-state index in [9.17, 15) is 10.1 Å². The molecule has 0 aliphatic carbocycles. The fraction of sp³-hybridized carbons (Fsp3) is 0.455. The minimum absolute atomic E-state index is 0. The molecule has 1 aliphatic heterocycles. The van der Waals surface area contributed by atoms with Crippen LogP contribution < -0.4 is 22.6 Å². The highest BCUT2D eigenvalue weighted by molar-refractivity contribution is 5.51. The van der Waals surface area contributed by atoms with E-state index in [4.69, 9.17) is 0 Å². The van der Waals surface area contributed by atoms with Gasteiger partial charge >= 0.3 is 0 Å². The van der Waals surface area contributed by atoms with Crippen LogP contribution in [0.15, 0.2) is 24.3 Å². The van der Waals surface area contributed by atoms with Crippen LogP contribution in [0, 0.1) is 10.1 Å². The molecule has 0 radical (unpaired) electrons. The van der Waals surface area contributed by atoms with Crippen molar-refractivity contribution >= 4 is 11.4 Å². The number of piperazine rings is 1. The van der Waals surface area contributed by atoms with E-state index in [-0.39, 0.29) is 23.0 Å². The third-order valence-electron chi connectivity index (χ3n) is 2.90. The Morgan fingerprint density at radius 1 is 1.41 bits per heavy atom. The summed E-state index contributed by atoms with van der Waals surface area (Å²) in [5.74, 6) is 0. The number of non-ortho nitro benzene ring substituents is 1. The standard InChI is InChI=1S/C11H15N3O2.ClH/c1-9-8-13(7-6-12-9)10-2-4-11(5-3-10)14(15)16;/h2-5,9,12H,6-8H2,1H3;1H. The van der Waals surface area contributed by atoms with Gasteiger partial charge in [0.05, 0.1) is 24.6 Å². The van der Waals surface area contributed by atoms with E-state index in [1.807, 2.05) is 12.1 Å². The van der Waals surface area contributed by atoms with Crippen LogP contribution in [-0.2, 0) is 0 Å². The van der Waals surface area contributed by atoms with Crippen LogP contribution in [0.5, 0.6) is 0 Å². The van der Waals surface area contributed by atoms with Crippen molar-refractivity contribution in [2.75, 3.05) is 24.5 Å². The molecule has 17 heavy (non-hydrogen) atoms. The van der Waals surface area contributed by atoms with Crippen LogP contribution in [0.25, 0.3) is 0 Å². The lowest BCUT2D eigenvalue weighted by molar-refractivity contribution is -0.687. The number of hydrogen-bond donors (Lipinski definition) is 1. The van der Waals surface area contributed by atoms with Gasteiger partial charge in [0.15, 0.2) is 0 Å². The van der Waals surface area contributed by atoms with E-state index in [0.717, 1.165) is 25.3 Å². The maximum atomic E-state index is 10.5. The number of nitro benzene ring substituents is 1. The topological polar surface area (TPSA) is 63.0 Å². The van der Waals surface area contributed by atoms with Crippen molar-refractivity contribution in [3.05, 3.63) is 34.4 Å². The highest BCUT2D eigenvalue weighted by Gasteiger charge is 2.19. The van der Waals surface area contributed by atoms with Gasteiger partial charge in [-0.3, -0.25) is 10.1 Å². The Morgan fingerprint density at radius 2 is 2.06 bits per heavy atom. The zero-order valence-electron chi connectivity index (χ0n) is 9.67. The molecule has 1 fully saturated rings. The molecule has 2 rings (SSSR count). The number of nitrogens with zero attached hydrogens (tertiary/aromatic N) is 2. The first-order valence-electron chi connectivity index (χ1n) is 5.49. The molecule has 0 aromatic heterocycles. The van der Waals surface area contributed by atoms with Crippen LogP contribution >= 0.6 is 0 Å². The lowest BCUT2D eigenvalue weighted by Crippen LogP contribution is -3.00. The van der Waals surface area contributed by atoms with Gasteiger partial charge in [-0.15, -0.1) is 0 Å². The number of hydrogen-bond acceptors (Lipinski definition) is 3. The van der Waals surface area contributed by atoms with Gasteiger partial charge in [-0.1, -0.05) is 0 Å². The molecule has 1 aromatic rings. The maximum absolute atomic E-state index is 10.5. The molecule has 1 saturated heterocycles. The Kier molecular flexibility index (Phi) is 4.72. The summed E-state index contributed by atoms with van der Waals surface area (Å²) in [6.07, 6.45) is 0. The van der Waals surface area contributed by atoms with Gasteiger partial charge in [0.2, 0.25) is 0 Å². The molecule has 1 aliphatic rings. The summed E-state index contributed by atoms with van der Waals surface area (Å²) in [5, 5.41) is 12.8. The van der Waals surface area contributed by atoms with Crippen molar-refractivity contribution in [1.82, 2.24) is 0 Å². The molecular weight excluding hydrogens is 242 g/mol. The minimum atomic E-state index is -0.365. The van der Waals surface area contributed by atoms with Gasteiger partial charge in [0.25, 0.3) is 5.69 Å². The Labute approximate surface area is 106 Å². The second-order valence-electron chi connectivity index (χ2n) is 4.22. The molecule has 1 heterocycles. The molecule has 2 N–H and O–H groups in total. The highest BCUT2D eigenvalue weighted by Crippen LogP contribution is 2.19. The molecule has 94 valence electrons. The highest BCUT2D eigenvalue weighted by atomic mass is 35.5. The van der Waals surface area contributed by atoms with Gasteiger partial charge in [-0.05, 0) is 19.1 Å². The smallest absolute Gasteiger partial charge is 0.269 e. The molecule has 1 unspecified atom stereocenters. The fourth-order valence-electron chi connectivity index (χ4n) is 2.05. The summed E-state index contributed by atoms with van der Waals surface area (Å²) in [6.45, 7) is 5.27. The summed E-state index contributed by atoms with van der Waals surface area (Å²) in [5.41, 5.74) is 1.23. The average Bonchev–Trinajstić information content (AvgIpc) is 2.29. The van der Waals surface area contributed by atoms with Crippen LogP contribution in [-0.4, -0.2) is 30.6 Å². The first-order valence-corrected chi connectivity index (χ1v) is 5.49. The monoisotopic (exact) mass is 257 g/mol. The normalized spacial score (nSPS) is 19.6. The first kappa shape index (κ1) is 13.7. The second kappa shape index (κ2) is 5.84. The van der Waals surface area contributed by atoms with Crippen LogP contribution in [0.2, 0.25) is 0 Å². The number of rotatable bonds is 2. The van der Waals surface area contributed by atoms with Crippen molar-refractivity contribution in [2.45, 2.75) is 13.0 Å². The van der Waals surface area contributed by atoms with Crippen molar-refractivity contribution in [2.24, 2.45) is 0 Å². The zero-order valence-corrected chi connectivity index (χ0v) is 10.4.